The van der Waals surface area contributed by atoms with Gasteiger partial charge in [0.2, 0.25) is 4.93 Å². The van der Waals surface area contributed by atoms with Gasteiger partial charge in [-0.15, -0.1) is 11.8 Å². The predicted molar refractivity (Wildman–Crippen MR) is 73.6 cm³/mol. The van der Waals surface area contributed by atoms with E-state index in [9.17, 15) is 9.90 Å². The summed E-state index contributed by atoms with van der Waals surface area (Å²) in [5, 5.41) is 9.58. The van der Waals surface area contributed by atoms with E-state index >= 15 is 0 Å². The zero-order valence-electron chi connectivity index (χ0n) is 10.5. The van der Waals surface area contributed by atoms with E-state index in [1.807, 2.05) is 0 Å². The first-order chi connectivity index (χ1) is 9.57. The zero-order valence-corrected chi connectivity index (χ0v) is 12.1. The molecule has 2 atom stereocenters. The first-order valence-electron chi connectivity index (χ1n) is 5.95. The second-order valence-electron chi connectivity index (χ2n) is 4.28. The van der Waals surface area contributed by atoms with E-state index in [2.05, 4.69) is 15.0 Å². The maximum absolute atomic E-state index is 11.4. The summed E-state index contributed by atoms with van der Waals surface area (Å²) < 4.78 is 7.43. The molecule has 0 aromatic carbocycles. The fourth-order valence-corrected chi connectivity index (χ4v) is 3.44. The molecule has 1 fully saturated rings. The third-order valence-corrected chi connectivity index (χ3v) is 4.96. The summed E-state index contributed by atoms with van der Waals surface area (Å²) >= 11 is 7.21. The van der Waals surface area contributed by atoms with Crippen LogP contribution in [-0.2, 0) is 9.53 Å². The maximum atomic E-state index is 11.4. The summed E-state index contributed by atoms with van der Waals surface area (Å²) in [6.07, 6.45) is 2.83. The Morgan fingerprint density at radius 3 is 3.10 bits per heavy atom. The standard InChI is InChI=1S/C11H11ClN4O3S/c1-2-11(10(17)18)19-6(3-20-11)16-5-15-7-8(12)13-4-14-9(7)16/h4-6H,2-3H2,1H3,(H,17,18). The highest BCUT2D eigenvalue weighted by molar-refractivity contribution is 8.01. The molecule has 0 saturated carbocycles. The second kappa shape index (κ2) is 4.87. The van der Waals surface area contributed by atoms with Crippen LogP contribution in [0.5, 0.6) is 0 Å². The van der Waals surface area contributed by atoms with Gasteiger partial charge in [-0.1, -0.05) is 18.5 Å². The maximum Gasteiger partial charge on any atom is 0.346 e. The summed E-state index contributed by atoms with van der Waals surface area (Å²) in [5.41, 5.74) is 1.01. The minimum atomic E-state index is -1.21. The number of ether oxygens (including phenoxy) is 1. The van der Waals surface area contributed by atoms with Crippen molar-refractivity contribution in [2.45, 2.75) is 24.5 Å². The van der Waals surface area contributed by atoms with Gasteiger partial charge in [0, 0.05) is 5.75 Å². The van der Waals surface area contributed by atoms with Gasteiger partial charge in [-0.2, -0.15) is 0 Å². The monoisotopic (exact) mass is 314 g/mol. The third kappa shape index (κ3) is 1.95. The van der Waals surface area contributed by atoms with Gasteiger partial charge in [0.15, 0.2) is 10.8 Å². The van der Waals surface area contributed by atoms with Crippen LogP contribution in [0.25, 0.3) is 11.2 Å². The molecular weight excluding hydrogens is 304 g/mol. The third-order valence-electron chi connectivity index (χ3n) is 3.20. The van der Waals surface area contributed by atoms with Crippen LogP contribution in [-0.4, -0.2) is 41.3 Å². The molecule has 9 heteroatoms. The Balaban J connectivity index is 1.98. The van der Waals surface area contributed by atoms with E-state index in [4.69, 9.17) is 16.3 Å². The molecule has 1 aliphatic heterocycles. The van der Waals surface area contributed by atoms with Crippen LogP contribution in [0.3, 0.4) is 0 Å². The molecular formula is C11H11ClN4O3S. The van der Waals surface area contributed by atoms with Crippen LogP contribution in [0.4, 0.5) is 0 Å². The Bertz CT molecular complexity index is 679. The van der Waals surface area contributed by atoms with Crippen LogP contribution in [0.1, 0.15) is 19.6 Å². The second-order valence-corrected chi connectivity index (χ2v) is 5.92. The smallest absolute Gasteiger partial charge is 0.346 e. The number of aliphatic carboxylic acids is 1. The molecule has 1 saturated heterocycles. The highest BCUT2D eigenvalue weighted by Gasteiger charge is 2.47. The van der Waals surface area contributed by atoms with Crippen molar-refractivity contribution in [3.8, 4) is 0 Å². The summed E-state index contributed by atoms with van der Waals surface area (Å²) in [4.78, 5) is 22.3. The van der Waals surface area contributed by atoms with Gasteiger partial charge in [-0.05, 0) is 6.42 Å². The van der Waals surface area contributed by atoms with Gasteiger partial charge < -0.3 is 9.84 Å². The van der Waals surface area contributed by atoms with Crippen molar-refractivity contribution in [3.05, 3.63) is 17.8 Å². The molecule has 0 spiro atoms. The lowest BCUT2D eigenvalue weighted by Crippen LogP contribution is -2.34. The topological polar surface area (TPSA) is 90.1 Å². The lowest BCUT2D eigenvalue weighted by atomic mass is 10.3. The van der Waals surface area contributed by atoms with Gasteiger partial charge in [0.05, 0.1) is 6.33 Å². The molecule has 1 N–H and O–H groups in total. The number of fused-ring (bicyclic) bond motifs is 1. The predicted octanol–water partition coefficient (Wildman–Crippen LogP) is 1.93. The number of carboxylic acid groups (broad SMARTS) is 1. The first-order valence-corrected chi connectivity index (χ1v) is 7.32. The molecule has 0 amide bonds. The molecule has 20 heavy (non-hydrogen) atoms. The minimum absolute atomic E-state index is 0.263. The number of rotatable bonds is 3. The number of imidazole rings is 1. The van der Waals surface area contributed by atoms with Crippen molar-refractivity contribution in [1.82, 2.24) is 19.5 Å². The van der Waals surface area contributed by atoms with Crippen molar-refractivity contribution in [2.75, 3.05) is 5.75 Å². The van der Waals surface area contributed by atoms with Gasteiger partial charge >= 0.3 is 5.97 Å². The summed E-state index contributed by atoms with van der Waals surface area (Å²) in [6, 6.07) is 0. The molecule has 0 radical (unpaired) electrons. The first kappa shape index (κ1) is 13.6. The lowest BCUT2D eigenvalue weighted by Gasteiger charge is -2.22. The molecule has 2 unspecified atom stereocenters. The molecule has 106 valence electrons. The fourth-order valence-electron chi connectivity index (χ4n) is 2.11. The van der Waals surface area contributed by atoms with Crippen LogP contribution in [0.2, 0.25) is 5.15 Å². The fraction of sp³-hybridized carbons (Fsp3) is 0.455. The molecule has 3 rings (SSSR count). The van der Waals surface area contributed by atoms with Crippen LogP contribution < -0.4 is 0 Å². The van der Waals surface area contributed by atoms with E-state index in [-0.39, 0.29) is 5.15 Å². The molecule has 2 aromatic heterocycles. The van der Waals surface area contributed by atoms with Crippen molar-refractivity contribution in [3.63, 3.8) is 0 Å². The van der Waals surface area contributed by atoms with Crippen molar-refractivity contribution >= 4 is 40.5 Å². The number of hydrogen-bond acceptors (Lipinski definition) is 6. The number of nitrogens with zero attached hydrogens (tertiary/aromatic N) is 4. The minimum Gasteiger partial charge on any atom is -0.478 e. The lowest BCUT2D eigenvalue weighted by molar-refractivity contribution is -0.159. The Labute approximate surface area is 123 Å². The van der Waals surface area contributed by atoms with E-state index in [0.717, 1.165) is 0 Å². The van der Waals surface area contributed by atoms with Gasteiger partial charge in [0.1, 0.15) is 18.1 Å². The molecule has 7 nitrogen and oxygen atoms in total. The molecule has 0 bridgehead atoms. The van der Waals surface area contributed by atoms with Crippen LogP contribution in [0.15, 0.2) is 12.7 Å². The Kier molecular flexibility index (Phi) is 3.31. The zero-order chi connectivity index (χ0) is 14.3. The van der Waals surface area contributed by atoms with Gasteiger partial charge in [-0.3, -0.25) is 4.57 Å². The molecule has 0 aliphatic carbocycles. The number of hydrogen-bond donors (Lipinski definition) is 1. The number of aromatic nitrogens is 4. The number of carbonyl (C=O) groups is 1. The molecule has 3 heterocycles. The van der Waals surface area contributed by atoms with Crippen molar-refractivity contribution in [1.29, 1.82) is 0 Å². The quantitative estimate of drug-likeness (QED) is 0.866. The average molecular weight is 315 g/mol. The Morgan fingerprint density at radius 2 is 2.45 bits per heavy atom. The number of thioether (sulfide) groups is 1. The van der Waals surface area contributed by atoms with E-state index in [0.29, 0.717) is 23.3 Å². The largest absolute Gasteiger partial charge is 0.478 e. The Hall–Kier alpha value is -1.38. The van der Waals surface area contributed by atoms with Crippen LogP contribution in [0, 0.1) is 0 Å². The number of halogens is 1. The molecule has 2 aromatic rings. The normalized spacial score (nSPS) is 26.2. The van der Waals surface area contributed by atoms with E-state index in [1.54, 1.807) is 17.8 Å². The van der Waals surface area contributed by atoms with E-state index < -0.39 is 17.1 Å². The number of carboxylic acids is 1. The average Bonchev–Trinajstić information content (AvgIpc) is 3.03. The van der Waals surface area contributed by atoms with Crippen LogP contribution >= 0.6 is 23.4 Å². The Morgan fingerprint density at radius 1 is 1.65 bits per heavy atom. The van der Waals surface area contributed by atoms with E-state index in [1.165, 1.54) is 18.1 Å². The summed E-state index contributed by atoms with van der Waals surface area (Å²) in [6.45, 7) is 1.79. The molecule has 1 aliphatic rings. The van der Waals surface area contributed by atoms with Gasteiger partial charge in [-0.25, -0.2) is 19.7 Å². The van der Waals surface area contributed by atoms with Gasteiger partial charge in [0.25, 0.3) is 0 Å². The summed E-state index contributed by atoms with van der Waals surface area (Å²) in [7, 11) is 0. The van der Waals surface area contributed by atoms with Crippen molar-refractivity contribution in [2.24, 2.45) is 0 Å². The SMILES string of the molecule is CCC1(C(=O)O)OC(n2cnc3c(Cl)ncnc32)CS1. The highest BCUT2D eigenvalue weighted by Crippen LogP contribution is 2.44. The van der Waals surface area contributed by atoms with Crippen molar-refractivity contribution < 1.29 is 14.6 Å². The summed E-state index contributed by atoms with van der Waals surface area (Å²) in [5.74, 6) is -0.461. The highest BCUT2D eigenvalue weighted by atomic mass is 35.5.